The smallest absolute Gasteiger partial charge is 0.246 e. The van der Waals surface area contributed by atoms with Gasteiger partial charge >= 0.3 is 0 Å². The molecule has 45 heteroatoms. The molecule has 0 bridgehead atoms. The van der Waals surface area contributed by atoms with Crippen LogP contribution < -0.4 is 108 Å². The minimum atomic E-state index is -1.92. The van der Waals surface area contributed by atoms with Crippen molar-refractivity contribution < 1.29 is 96.5 Å². The Morgan fingerprint density at radius 1 is 0.427 bits per heavy atom. The first-order chi connectivity index (χ1) is 62.4. The molecule has 6 rings (SSSR count). The molecule has 30 N–H and O–H groups in total. The normalized spacial score (nSPS) is 14.1. The summed E-state index contributed by atoms with van der Waals surface area (Å²) in [6, 6.07) is 9.18. The summed E-state index contributed by atoms with van der Waals surface area (Å²) in [6.45, 7) is 4.88. The third kappa shape index (κ3) is 36.9. The van der Waals surface area contributed by atoms with E-state index in [0.29, 0.717) is 63.4 Å². The van der Waals surface area contributed by atoms with Gasteiger partial charge in [-0.3, -0.25) is 86.9 Å². The number of amides is 17. The summed E-state index contributed by atoms with van der Waals surface area (Å²) >= 11 is 8.50. The van der Waals surface area contributed by atoms with E-state index in [9.17, 15) is 77.3 Å². The van der Waals surface area contributed by atoms with Gasteiger partial charge in [0.2, 0.25) is 100 Å². The second-order valence-electron chi connectivity index (χ2n) is 31.6. The quantitative estimate of drug-likeness (QED) is 0.00739. The standard InChI is InChI=1S/C86H121N23O20S2/c1-46(2)35-62(79(122)104-63(36-49-15-6-5-7-16-49)75(118)97-42-71(115)93-33-34-129-43-72(116)99-58(74(90)117)21-12-13-31-87)103-76(119)59(22-14-32-94-86(91)92)100-81(124)65(38-51-40-95-56-19-10-8-17-54(51)56)106-80(123)64(37-50-23-25-53(112)26-24-50)105-84(127)68(45-131)108-77(120)60(27-29-69(88)113)101-82(125)66(39-52-41-96-57-20-11-9-18-55(52)57)107-85(128)73(47(3)110)109-78(121)61(28-30-70(89)114)102-83(126)67(44-130)98-48(4)111/h5-11,15-20,23-26,40-41,46-47,58-68,73,95-96,110,112,130-131H,12-14,21-22,27-39,42-45,87H2,1-4H3,(H2,88,113)(H2,89,114)(H2,90,117)(H,93,115)(H,97,118)(H,98,111)(H,99,116)(H,100,124)(H,101,125)(H,102,126)(H,103,119)(H,104,122)(H,105,127)(H,106,123)(H,107,128)(H,108,120)(H,109,121)(H4,91,92,94)/t47-,58-,59+,60+,61+,62+,63+,64+,65+,66+,67+,68+,73+/m1/s1. The summed E-state index contributed by atoms with van der Waals surface area (Å²) in [6.07, 6.45) is -0.560. The zero-order chi connectivity index (χ0) is 96.4. The average Bonchev–Trinajstić information content (AvgIpc) is 1.72. The fourth-order valence-corrected chi connectivity index (χ4v) is 14.2. The number of nitrogens with one attached hydrogen (secondary N) is 18. The van der Waals surface area contributed by atoms with E-state index in [4.69, 9.17) is 38.8 Å². The Morgan fingerprint density at radius 3 is 1.33 bits per heavy atom. The summed E-state index contributed by atoms with van der Waals surface area (Å²) < 4.78 is 5.37. The second-order valence-corrected chi connectivity index (χ2v) is 32.4. The van der Waals surface area contributed by atoms with Gasteiger partial charge < -0.3 is 133 Å². The Morgan fingerprint density at radius 2 is 0.847 bits per heavy atom. The van der Waals surface area contributed by atoms with Crippen LogP contribution in [0.25, 0.3) is 21.8 Å². The number of para-hydroxylation sites is 2. The van der Waals surface area contributed by atoms with E-state index >= 15 is 14.4 Å². The lowest BCUT2D eigenvalue weighted by atomic mass is 9.99. The van der Waals surface area contributed by atoms with Crippen molar-refractivity contribution >= 4 is 153 Å². The number of thiol groups is 2. The van der Waals surface area contributed by atoms with Crippen molar-refractivity contribution in [2.24, 2.45) is 34.6 Å². The average molecular weight is 1860 g/mol. The second kappa shape index (κ2) is 54.8. The number of carbonyl (C=O) groups is 17. The van der Waals surface area contributed by atoms with Gasteiger partial charge in [-0.25, -0.2) is 0 Å². The van der Waals surface area contributed by atoms with Gasteiger partial charge in [0.15, 0.2) is 5.96 Å². The molecule has 0 spiro atoms. The monoisotopic (exact) mass is 1860 g/mol. The lowest BCUT2D eigenvalue weighted by Crippen LogP contribution is -2.62. The highest BCUT2D eigenvalue weighted by Crippen LogP contribution is 2.23. The Balaban J connectivity index is 1.26. The number of primary amides is 3. The maximum atomic E-state index is 15.4. The van der Waals surface area contributed by atoms with Crippen LogP contribution in [0.4, 0.5) is 0 Å². The Bertz CT molecular complexity index is 4920. The number of aromatic amines is 2. The molecule has 0 radical (unpaired) electrons. The highest BCUT2D eigenvalue weighted by Gasteiger charge is 2.39. The number of aliphatic hydroxyl groups excluding tert-OH is 1. The predicted octanol–water partition coefficient (Wildman–Crippen LogP) is -4.59. The first-order valence-corrected chi connectivity index (χ1v) is 43.8. The van der Waals surface area contributed by atoms with E-state index < -0.39 is 230 Å². The van der Waals surface area contributed by atoms with E-state index in [0.717, 1.165) is 13.8 Å². The summed E-state index contributed by atoms with van der Waals surface area (Å²) in [5.74, 6) is -17.3. The Hall–Kier alpha value is -13.4. The largest absolute Gasteiger partial charge is 0.508 e. The molecule has 131 heavy (non-hydrogen) atoms. The van der Waals surface area contributed by atoms with Crippen molar-refractivity contribution in [3.8, 4) is 5.75 Å². The van der Waals surface area contributed by atoms with Gasteiger partial charge in [0.1, 0.15) is 84.9 Å². The van der Waals surface area contributed by atoms with Crippen molar-refractivity contribution in [3.63, 3.8) is 0 Å². The Kier molecular flexibility index (Phi) is 44.5. The van der Waals surface area contributed by atoms with Gasteiger partial charge in [-0.1, -0.05) is 92.7 Å². The summed E-state index contributed by atoms with van der Waals surface area (Å²) in [7, 11) is 0. The number of H-pyrrole nitrogens is 2. The number of hydrogen-bond donors (Lipinski definition) is 27. The molecule has 0 aliphatic carbocycles. The van der Waals surface area contributed by atoms with E-state index in [-0.39, 0.29) is 88.5 Å². The molecule has 6 aromatic rings. The number of guanidine groups is 1. The number of nitrogens with two attached hydrogens (primary N) is 5. The fraction of sp³-hybridized carbons (Fsp3) is 0.465. The number of aliphatic hydroxyl groups is 1. The summed E-state index contributed by atoms with van der Waals surface area (Å²) in [5.41, 5.74) is 30.6. The molecule has 4 aromatic carbocycles. The van der Waals surface area contributed by atoms with Crippen LogP contribution in [0.15, 0.2) is 116 Å². The molecule has 43 nitrogen and oxygen atoms in total. The number of benzene rings is 4. The summed E-state index contributed by atoms with van der Waals surface area (Å²) in [5, 5.41) is 69.0. The van der Waals surface area contributed by atoms with E-state index in [1.807, 2.05) is 0 Å². The molecule has 0 fully saturated rings. The number of aromatic hydroxyl groups is 1. The van der Waals surface area contributed by atoms with Crippen LogP contribution in [0.5, 0.6) is 5.75 Å². The molecular weight excluding hydrogens is 1740 g/mol. The molecule has 0 saturated carbocycles. The highest BCUT2D eigenvalue weighted by molar-refractivity contribution is 7.80. The number of fused-ring (bicyclic) bond motifs is 2. The minimum Gasteiger partial charge on any atom is -0.508 e. The zero-order valence-electron chi connectivity index (χ0n) is 73.1. The molecule has 2 heterocycles. The summed E-state index contributed by atoms with van der Waals surface area (Å²) in [4.78, 5) is 241. The zero-order valence-corrected chi connectivity index (χ0v) is 74.9. The maximum Gasteiger partial charge on any atom is 0.246 e. The maximum absolute atomic E-state index is 15.4. The van der Waals surface area contributed by atoms with Crippen molar-refractivity contribution in [1.29, 1.82) is 5.41 Å². The van der Waals surface area contributed by atoms with Gasteiger partial charge in [0.05, 0.1) is 19.3 Å². The van der Waals surface area contributed by atoms with Crippen LogP contribution in [0.2, 0.25) is 0 Å². The lowest BCUT2D eigenvalue weighted by Gasteiger charge is -2.29. The molecule has 2 aromatic heterocycles. The highest BCUT2D eigenvalue weighted by atomic mass is 32.1. The SMILES string of the molecule is CC(=O)N[C@@H](CS)C(=O)N[C@@H](CCC(N)=O)C(=O)N[C@H](C(=O)N[C@@H](Cc1c[nH]c2ccccc12)C(=O)N[C@@H](CCC(N)=O)C(=O)N[C@@H](CS)C(=O)N[C@@H](Cc1ccc(O)cc1)C(=O)N[C@@H](Cc1c[nH]c2ccccc12)C(=O)N[C@@H](CCCNC(=N)N)C(=O)N[C@@H](CC(C)C)C(=O)N[C@@H](Cc1ccccc1)C(=O)NCC(=O)NCCOCC(=O)N[C@H](CCCCN)C(N)=O)[C@@H](C)O. The third-order valence-corrected chi connectivity index (χ3v) is 21.3. The molecule has 0 aliphatic heterocycles. The van der Waals surface area contributed by atoms with Crippen LogP contribution in [-0.2, 0) is 112 Å². The third-order valence-electron chi connectivity index (χ3n) is 20.6. The first-order valence-electron chi connectivity index (χ1n) is 42.5. The van der Waals surface area contributed by atoms with Crippen LogP contribution in [0.1, 0.15) is 114 Å². The number of ether oxygens (including phenoxy) is 1. The molecule has 0 saturated heterocycles. The molecular formula is C86H121N23O20S2. The van der Waals surface area contributed by atoms with Crippen LogP contribution in [0, 0.1) is 11.3 Å². The van der Waals surface area contributed by atoms with E-state index in [2.05, 4.69) is 115 Å². The van der Waals surface area contributed by atoms with E-state index in [1.54, 1.807) is 98.9 Å². The predicted molar refractivity (Wildman–Crippen MR) is 489 cm³/mol. The Labute approximate surface area is 766 Å². The number of rotatable bonds is 58. The van der Waals surface area contributed by atoms with Crippen LogP contribution >= 0.6 is 25.3 Å². The molecule has 13 atom stereocenters. The van der Waals surface area contributed by atoms with E-state index in [1.165, 1.54) is 30.5 Å². The number of hydrogen-bond acceptors (Lipinski definition) is 24. The van der Waals surface area contributed by atoms with Crippen LogP contribution in [-0.4, -0.2) is 256 Å². The number of carbonyl (C=O) groups excluding carboxylic acids is 17. The van der Waals surface area contributed by atoms with Crippen molar-refractivity contribution in [2.75, 3.05) is 50.9 Å². The van der Waals surface area contributed by atoms with Crippen molar-refractivity contribution in [2.45, 2.75) is 196 Å². The van der Waals surface area contributed by atoms with Crippen molar-refractivity contribution in [1.82, 2.24) is 89.7 Å². The van der Waals surface area contributed by atoms with Crippen LogP contribution in [0.3, 0.4) is 0 Å². The van der Waals surface area contributed by atoms with Gasteiger partial charge in [0, 0.05) is 104 Å². The molecule has 712 valence electrons. The number of unbranched alkanes of at least 4 members (excludes halogenated alkanes) is 1. The minimum absolute atomic E-state index is 0.00541. The van der Waals surface area contributed by atoms with Gasteiger partial charge in [-0.05, 0) is 117 Å². The fourth-order valence-electron chi connectivity index (χ4n) is 13.7. The van der Waals surface area contributed by atoms with Gasteiger partial charge in [-0.15, -0.1) is 0 Å². The van der Waals surface area contributed by atoms with Crippen molar-refractivity contribution in [3.05, 3.63) is 138 Å². The van der Waals surface area contributed by atoms with Gasteiger partial charge in [-0.2, -0.15) is 25.3 Å². The molecule has 0 unspecified atom stereocenters. The topological polar surface area (TPSA) is 706 Å². The number of aromatic nitrogens is 2. The van der Waals surface area contributed by atoms with Gasteiger partial charge in [0.25, 0.3) is 0 Å². The lowest BCUT2D eigenvalue weighted by molar-refractivity contribution is -0.137. The number of phenols is 1. The molecule has 17 amide bonds. The first kappa shape index (κ1) is 106. The number of phenolic OH excluding ortho intramolecular Hbond substituents is 1. The molecule has 0 aliphatic rings.